The van der Waals surface area contributed by atoms with E-state index in [0.29, 0.717) is 5.02 Å². The fraction of sp³-hybridized carbons (Fsp3) is 0.353. The normalized spacial score (nSPS) is 10.7. The summed E-state index contributed by atoms with van der Waals surface area (Å²) in [6.45, 7) is 6.03. The van der Waals surface area contributed by atoms with E-state index in [2.05, 4.69) is 42.3 Å². The Morgan fingerprint density at radius 3 is 2.76 bits per heavy atom. The first-order chi connectivity index (χ1) is 10.1. The van der Waals surface area contributed by atoms with E-state index in [1.54, 1.807) is 0 Å². The molecule has 112 valence electrons. The molecule has 4 heteroatoms. The van der Waals surface area contributed by atoms with Gasteiger partial charge < -0.3 is 10.2 Å². The van der Waals surface area contributed by atoms with E-state index < -0.39 is 0 Å². The molecule has 1 heterocycles. The molecule has 0 fully saturated rings. The largest absolute Gasteiger partial charge is 0.328 e. The molecule has 0 spiro atoms. The number of anilines is 2. The molecule has 0 amide bonds. The monoisotopic (exact) mass is 303 g/mol. The van der Waals surface area contributed by atoms with E-state index in [1.165, 1.54) is 5.56 Å². The lowest BCUT2D eigenvalue weighted by atomic mass is 10.2. The zero-order chi connectivity index (χ0) is 15.2. The third kappa shape index (κ3) is 4.19. The van der Waals surface area contributed by atoms with Gasteiger partial charge in [0.1, 0.15) is 0 Å². The highest BCUT2D eigenvalue weighted by atomic mass is 35.5. The van der Waals surface area contributed by atoms with Crippen LogP contribution in [-0.2, 0) is 6.54 Å². The van der Waals surface area contributed by atoms with Gasteiger partial charge in [-0.15, -0.1) is 0 Å². The summed E-state index contributed by atoms with van der Waals surface area (Å²) in [6, 6.07) is 10.3. The molecular weight excluding hydrogens is 282 g/mol. The number of aromatic nitrogens is 1. The van der Waals surface area contributed by atoms with Crippen molar-refractivity contribution < 1.29 is 0 Å². The zero-order valence-corrected chi connectivity index (χ0v) is 13.6. The third-order valence-electron chi connectivity index (χ3n) is 3.34. The number of pyridine rings is 1. The number of aryl methyl sites for hydroxylation is 1. The molecule has 1 N–H and O–H groups in total. The van der Waals surface area contributed by atoms with E-state index >= 15 is 0 Å². The Morgan fingerprint density at radius 2 is 2.10 bits per heavy atom. The van der Waals surface area contributed by atoms with Gasteiger partial charge in [-0.2, -0.15) is 0 Å². The summed E-state index contributed by atoms with van der Waals surface area (Å²) >= 11 is 6.39. The van der Waals surface area contributed by atoms with Crippen molar-refractivity contribution in [2.45, 2.75) is 26.8 Å². The van der Waals surface area contributed by atoms with Crippen LogP contribution in [0, 0.1) is 6.92 Å². The van der Waals surface area contributed by atoms with E-state index in [-0.39, 0.29) is 0 Å². The Bertz CT molecular complexity index is 598. The van der Waals surface area contributed by atoms with Gasteiger partial charge >= 0.3 is 0 Å². The molecule has 21 heavy (non-hydrogen) atoms. The van der Waals surface area contributed by atoms with Crippen LogP contribution < -0.4 is 10.2 Å². The van der Waals surface area contributed by atoms with Crippen LogP contribution in [0.15, 0.2) is 36.5 Å². The molecule has 2 aromatic rings. The Kier molecular flexibility index (Phi) is 5.59. The van der Waals surface area contributed by atoms with Crippen molar-refractivity contribution in [3.63, 3.8) is 0 Å². The van der Waals surface area contributed by atoms with Gasteiger partial charge in [-0.05, 0) is 49.2 Å². The third-order valence-corrected chi connectivity index (χ3v) is 3.62. The highest BCUT2D eigenvalue weighted by molar-refractivity contribution is 6.33. The summed E-state index contributed by atoms with van der Waals surface area (Å²) in [7, 11) is 1.98. The molecule has 0 atom stereocenters. The molecule has 3 nitrogen and oxygen atoms in total. The number of nitrogens with one attached hydrogen (secondary N) is 1. The molecule has 0 radical (unpaired) electrons. The number of halogens is 1. The van der Waals surface area contributed by atoms with Gasteiger partial charge in [0.2, 0.25) is 0 Å². The minimum absolute atomic E-state index is 0.676. The Hall–Kier alpha value is -1.58. The quantitative estimate of drug-likeness (QED) is 0.806. The van der Waals surface area contributed by atoms with E-state index in [4.69, 9.17) is 11.6 Å². The second-order valence-electron chi connectivity index (χ2n) is 5.22. The second kappa shape index (κ2) is 7.43. The van der Waals surface area contributed by atoms with Crippen molar-refractivity contribution in [3.8, 4) is 0 Å². The van der Waals surface area contributed by atoms with Gasteiger partial charge in [0.25, 0.3) is 0 Å². The molecule has 0 saturated heterocycles. The average molecular weight is 304 g/mol. The van der Waals surface area contributed by atoms with Crippen molar-refractivity contribution in [1.29, 1.82) is 0 Å². The molecule has 0 unspecified atom stereocenters. The summed E-state index contributed by atoms with van der Waals surface area (Å²) in [5, 5.41) is 4.03. The number of hydrogen-bond acceptors (Lipinski definition) is 3. The lowest BCUT2D eigenvalue weighted by Crippen LogP contribution is -2.15. The number of benzene rings is 1. The molecule has 0 aliphatic carbocycles. The summed E-state index contributed by atoms with van der Waals surface area (Å²) < 4.78 is 0. The van der Waals surface area contributed by atoms with Crippen LogP contribution >= 0.6 is 11.6 Å². The van der Waals surface area contributed by atoms with Crippen molar-refractivity contribution in [2.24, 2.45) is 0 Å². The maximum absolute atomic E-state index is 6.39. The predicted molar refractivity (Wildman–Crippen MR) is 90.5 cm³/mol. The number of hydrogen-bond donors (Lipinski definition) is 1. The summed E-state index contributed by atoms with van der Waals surface area (Å²) in [5.41, 5.74) is 3.41. The van der Waals surface area contributed by atoms with Crippen LogP contribution in [0.1, 0.15) is 24.5 Å². The molecule has 2 rings (SSSR count). The van der Waals surface area contributed by atoms with Crippen molar-refractivity contribution in [1.82, 2.24) is 10.3 Å². The summed E-state index contributed by atoms with van der Waals surface area (Å²) in [4.78, 5) is 6.53. The Labute approximate surface area is 132 Å². The molecular formula is C17H22ClN3. The lowest BCUT2D eigenvalue weighted by Gasteiger charge is -2.20. The lowest BCUT2D eigenvalue weighted by molar-refractivity contribution is 0.674. The SMILES string of the molecule is CCCNCc1cnc(N(C)c2cccc(C)c2)c(Cl)c1. The molecule has 0 aliphatic rings. The first kappa shape index (κ1) is 15.8. The summed E-state index contributed by atoms with van der Waals surface area (Å²) in [5.74, 6) is 0.779. The van der Waals surface area contributed by atoms with Crippen LogP contribution in [0.4, 0.5) is 11.5 Å². The van der Waals surface area contributed by atoms with E-state index in [0.717, 1.165) is 36.6 Å². The minimum atomic E-state index is 0.676. The van der Waals surface area contributed by atoms with Gasteiger partial charge in [-0.3, -0.25) is 0 Å². The van der Waals surface area contributed by atoms with Crippen molar-refractivity contribution in [3.05, 3.63) is 52.7 Å². The Morgan fingerprint density at radius 1 is 1.29 bits per heavy atom. The molecule has 1 aromatic carbocycles. The Balaban J connectivity index is 2.16. The predicted octanol–water partition coefficient (Wildman–Crippen LogP) is 4.31. The van der Waals surface area contributed by atoms with Gasteiger partial charge in [0, 0.05) is 25.5 Å². The fourth-order valence-corrected chi connectivity index (χ4v) is 2.50. The number of rotatable bonds is 6. The average Bonchev–Trinajstić information content (AvgIpc) is 2.47. The smallest absolute Gasteiger partial charge is 0.151 e. The van der Waals surface area contributed by atoms with Gasteiger partial charge in [0.05, 0.1) is 5.02 Å². The fourth-order valence-electron chi connectivity index (χ4n) is 2.18. The highest BCUT2D eigenvalue weighted by Gasteiger charge is 2.10. The molecule has 0 bridgehead atoms. The minimum Gasteiger partial charge on any atom is -0.328 e. The van der Waals surface area contributed by atoms with Crippen LogP contribution in [0.3, 0.4) is 0 Å². The van der Waals surface area contributed by atoms with Crippen LogP contribution in [0.5, 0.6) is 0 Å². The second-order valence-corrected chi connectivity index (χ2v) is 5.63. The molecule has 0 saturated carbocycles. The number of nitrogens with zero attached hydrogens (tertiary/aromatic N) is 2. The van der Waals surface area contributed by atoms with E-state index in [1.807, 2.05) is 30.3 Å². The van der Waals surface area contributed by atoms with Crippen LogP contribution in [0.2, 0.25) is 5.02 Å². The zero-order valence-electron chi connectivity index (χ0n) is 12.9. The van der Waals surface area contributed by atoms with Gasteiger partial charge in [-0.1, -0.05) is 30.7 Å². The standard InChI is InChI=1S/C17H22ClN3/c1-4-8-19-11-14-10-16(18)17(20-12-14)21(3)15-7-5-6-13(2)9-15/h5-7,9-10,12,19H,4,8,11H2,1-3H3. The summed E-state index contributed by atoms with van der Waals surface area (Å²) in [6.07, 6.45) is 3.01. The topological polar surface area (TPSA) is 28.2 Å². The first-order valence-electron chi connectivity index (χ1n) is 7.27. The van der Waals surface area contributed by atoms with Crippen molar-refractivity contribution >= 4 is 23.1 Å². The highest BCUT2D eigenvalue weighted by Crippen LogP contribution is 2.29. The van der Waals surface area contributed by atoms with Gasteiger partial charge in [-0.25, -0.2) is 4.98 Å². The maximum atomic E-state index is 6.39. The maximum Gasteiger partial charge on any atom is 0.151 e. The van der Waals surface area contributed by atoms with Crippen LogP contribution in [0.25, 0.3) is 0 Å². The molecule has 0 aliphatic heterocycles. The van der Waals surface area contributed by atoms with E-state index in [9.17, 15) is 0 Å². The molecule has 1 aromatic heterocycles. The van der Waals surface area contributed by atoms with Gasteiger partial charge in [0.15, 0.2) is 5.82 Å². The van der Waals surface area contributed by atoms with Crippen LogP contribution in [-0.4, -0.2) is 18.6 Å². The first-order valence-corrected chi connectivity index (χ1v) is 7.65. The van der Waals surface area contributed by atoms with Crippen molar-refractivity contribution in [2.75, 3.05) is 18.5 Å².